The van der Waals surface area contributed by atoms with Crippen molar-refractivity contribution in [1.82, 2.24) is 4.90 Å². The Kier molecular flexibility index (Phi) is 8.10. The Balaban J connectivity index is 0.00000137. The zero-order valence-corrected chi connectivity index (χ0v) is 12.5. The van der Waals surface area contributed by atoms with Gasteiger partial charge in [0.25, 0.3) is 0 Å². The molecule has 1 rings (SSSR count). The van der Waals surface area contributed by atoms with Crippen LogP contribution in [0.3, 0.4) is 0 Å². The van der Waals surface area contributed by atoms with Crippen LogP contribution in [0.4, 0.5) is 0 Å². The van der Waals surface area contributed by atoms with Crippen molar-refractivity contribution in [3.8, 4) is 0 Å². The minimum absolute atomic E-state index is 0.0669. The van der Waals surface area contributed by atoms with Crippen LogP contribution in [0.2, 0.25) is 0 Å². The van der Waals surface area contributed by atoms with Crippen LogP contribution in [0.5, 0.6) is 0 Å². The Morgan fingerprint density at radius 1 is 1.50 bits per heavy atom. The minimum Gasteiger partial charge on any atom is -0.341 e. The van der Waals surface area contributed by atoms with E-state index in [1.54, 1.807) is 4.90 Å². The highest BCUT2D eigenvalue weighted by Gasteiger charge is 2.29. The first-order chi connectivity index (χ1) is 8.56. The fourth-order valence-electron chi connectivity index (χ4n) is 1.88. The van der Waals surface area contributed by atoms with Gasteiger partial charge in [0.1, 0.15) is 0 Å². The Morgan fingerprint density at radius 2 is 2.11 bits per heavy atom. The molecule has 1 aliphatic heterocycles. The van der Waals surface area contributed by atoms with Gasteiger partial charge in [-0.15, -0.1) is 6.58 Å². The first kappa shape index (κ1) is 16.7. The van der Waals surface area contributed by atoms with Gasteiger partial charge in [-0.25, -0.2) is 0 Å². The second kappa shape index (κ2) is 8.73. The average Bonchev–Trinajstić information content (AvgIpc) is 2.63. The van der Waals surface area contributed by atoms with Gasteiger partial charge >= 0.3 is 0 Å². The first-order valence-electron chi connectivity index (χ1n) is 6.76. The lowest BCUT2D eigenvalue weighted by molar-refractivity contribution is -0.129. The van der Waals surface area contributed by atoms with Crippen LogP contribution in [0.1, 0.15) is 40.5 Å². The largest absolute Gasteiger partial charge is 0.341 e. The molecular weight excluding hydrogens is 222 g/mol. The number of carbonyl (C=O) groups is 1. The Hall–Kier alpha value is -1.31. The molecule has 0 aromatic carbocycles. The summed E-state index contributed by atoms with van der Waals surface area (Å²) in [5.74, 6) is 0.302. The maximum atomic E-state index is 11.6. The Morgan fingerprint density at radius 3 is 2.56 bits per heavy atom. The van der Waals surface area contributed by atoms with E-state index in [9.17, 15) is 4.79 Å². The van der Waals surface area contributed by atoms with E-state index in [0.717, 1.165) is 19.4 Å². The third kappa shape index (κ3) is 4.91. The van der Waals surface area contributed by atoms with E-state index < -0.39 is 0 Å². The number of amides is 1. The number of carbonyl (C=O) groups excluding carboxylic acids is 1. The zero-order chi connectivity index (χ0) is 14.1. The van der Waals surface area contributed by atoms with Gasteiger partial charge in [-0.2, -0.15) is 0 Å². The fraction of sp³-hybridized carbons (Fsp3) is 0.562. The predicted octanol–water partition coefficient (Wildman–Crippen LogP) is 3.96. The van der Waals surface area contributed by atoms with Crippen LogP contribution in [0, 0.1) is 5.92 Å². The van der Waals surface area contributed by atoms with Gasteiger partial charge in [0, 0.05) is 13.6 Å². The van der Waals surface area contributed by atoms with Crippen LogP contribution in [0.15, 0.2) is 36.0 Å². The summed E-state index contributed by atoms with van der Waals surface area (Å²) in [6, 6.07) is 0. The highest BCUT2D eigenvalue weighted by atomic mass is 16.2. The van der Waals surface area contributed by atoms with Crippen molar-refractivity contribution in [2.45, 2.75) is 40.5 Å². The first-order valence-corrected chi connectivity index (χ1v) is 6.76. The molecule has 18 heavy (non-hydrogen) atoms. The zero-order valence-electron chi connectivity index (χ0n) is 12.5. The number of nitrogens with zero attached hydrogens (tertiary/aromatic N) is 1. The summed E-state index contributed by atoms with van der Waals surface area (Å²) >= 11 is 0. The molecule has 0 aromatic heterocycles. The average molecular weight is 249 g/mol. The summed E-state index contributed by atoms with van der Waals surface area (Å²) in [6.07, 6.45) is 8.13. The van der Waals surface area contributed by atoms with Crippen molar-refractivity contribution >= 4 is 5.91 Å². The van der Waals surface area contributed by atoms with Gasteiger partial charge in [0.15, 0.2) is 0 Å². The van der Waals surface area contributed by atoms with Gasteiger partial charge in [-0.05, 0) is 32.3 Å². The monoisotopic (exact) mass is 249 g/mol. The molecule has 1 unspecified atom stereocenters. The van der Waals surface area contributed by atoms with Crippen LogP contribution >= 0.6 is 0 Å². The molecule has 102 valence electrons. The molecule has 1 aliphatic rings. The topological polar surface area (TPSA) is 20.3 Å². The molecule has 2 heteroatoms. The number of rotatable bonds is 4. The van der Waals surface area contributed by atoms with Crippen LogP contribution in [-0.4, -0.2) is 24.4 Å². The standard InChI is InChI=1S/C14H21NO.C2H6/c1-5-6-7-11(2)8-9-13-10-15(4)14(16)12(13)3;1-2/h5,7,9,12H,1,6,8,10H2,2-4H3;1-2H3/b11-7-,13-9-;. The van der Waals surface area contributed by atoms with Crippen LogP contribution in [-0.2, 0) is 4.79 Å². The third-order valence-corrected chi connectivity index (χ3v) is 3.04. The molecule has 0 aromatic rings. The van der Waals surface area contributed by atoms with E-state index in [2.05, 4.69) is 25.7 Å². The van der Waals surface area contributed by atoms with Crippen LogP contribution in [0.25, 0.3) is 0 Å². The summed E-state index contributed by atoms with van der Waals surface area (Å²) in [5.41, 5.74) is 2.58. The molecule has 2 nitrogen and oxygen atoms in total. The third-order valence-electron chi connectivity index (χ3n) is 3.04. The molecule has 0 aliphatic carbocycles. The van der Waals surface area contributed by atoms with E-state index in [0.29, 0.717) is 0 Å². The van der Waals surface area contributed by atoms with Crippen molar-refractivity contribution in [2.75, 3.05) is 13.6 Å². The highest BCUT2D eigenvalue weighted by molar-refractivity contribution is 5.84. The number of hydrogen-bond acceptors (Lipinski definition) is 1. The maximum absolute atomic E-state index is 11.6. The van der Waals surface area contributed by atoms with Gasteiger partial charge in [0.05, 0.1) is 5.92 Å². The van der Waals surface area contributed by atoms with Crippen molar-refractivity contribution in [2.24, 2.45) is 5.92 Å². The van der Waals surface area contributed by atoms with Gasteiger partial charge in [-0.3, -0.25) is 4.79 Å². The van der Waals surface area contributed by atoms with Gasteiger partial charge in [0.2, 0.25) is 5.91 Å². The van der Waals surface area contributed by atoms with E-state index in [-0.39, 0.29) is 11.8 Å². The van der Waals surface area contributed by atoms with Crippen molar-refractivity contribution < 1.29 is 4.79 Å². The van der Waals surface area contributed by atoms with E-state index >= 15 is 0 Å². The summed E-state index contributed by atoms with van der Waals surface area (Å²) in [4.78, 5) is 13.4. The molecule has 0 bridgehead atoms. The molecule has 1 heterocycles. The lowest BCUT2D eigenvalue weighted by atomic mass is 10.0. The van der Waals surface area contributed by atoms with Crippen LogP contribution < -0.4 is 0 Å². The lowest BCUT2D eigenvalue weighted by Crippen LogP contribution is -2.21. The molecule has 0 spiro atoms. The number of likely N-dealkylation sites (N-methyl/N-ethyl adjacent to an activating group) is 1. The predicted molar refractivity (Wildman–Crippen MR) is 79.4 cm³/mol. The Bertz CT molecular complexity index is 339. The van der Waals surface area contributed by atoms with Gasteiger partial charge < -0.3 is 4.90 Å². The molecule has 1 amide bonds. The van der Waals surface area contributed by atoms with E-state index in [4.69, 9.17) is 0 Å². The molecule has 0 saturated carbocycles. The lowest BCUT2D eigenvalue weighted by Gasteiger charge is -2.04. The molecular formula is C16H27NO. The molecule has 1 fully saturated rings. The quantitative estimate of drug-likeness (QED) is 0.691. The molecule has 1 atom stereocenters. The van der Waals surface area contributed by atoms with Gasteiger partial charge in [-0.1, -0.05) is 37.6 Å². The van der Waals surface area contributed by atoms with E-state index in [1.165, 1.54) is 11.1 Å². The SMILES string of the molecule is C=CC/C=C(/C)C/C=C1/CN(C)C(=O)C1C.CC. The normalized spacial score (nSPS) is 21.9. The van der Waals surface area contributed by atoms with Crippen molar-refractivity contribution in [3.63, 3.8) is 0 Å². The van der Waals surface area contributed by atoms with E-state index in [1.807, 2.05) is 33.9 Å². The highest BCUT2D eigenvalue weighted by Crippen LogP contribution is 2.23. The molecule has 0 radical (unpaired) electrons. The second-order valence-corrected chi connectivity index (χ2v) is 4.47. The molecule has 0 N–H and O–H groups in total. The molecule has 1 saturated heterocycles. The van der Waals surface area contributed by atoms with Crippen molar-refractivity contribution in [1.29, 1.82) is 0 Å². The summed E-state index contributed by atoms with van der Waals surface area (Å²) in [5, 5.41) is 0. The smallest absolute Gasteiger partial charge is 0.229 e. The number of hydrogen-bond donors (Lipinski definition) is 0. The maximum Gasteiger partial charge on any atom is 0.229 e. The summed E-state index contributed by atoms with van der Waals surface area (Å²) < 4.78 is 0. The summed E-state index contributed by atoms with van der Waals surface area (Å²) in [7, 11) is 1.86. The Labute approximate surface area is 112 Å². The second-order valence-electron chi connectivity index (χ2n) is 4.47. The number of allylic oxidation sites excluding steroid dienone is 4. The number of likely N-dealkylation sites (tertiary alicyclic amines) is 1. The summed E-state index contributed by atoms with van der Waals surface area (Å²) in [6.45, 7) is 12.6. The fourth-order valence-corrected chi connectivity index (χ4v) is 1.88. The minimum atomic E-state index is 0.0669. The van der Waals surface area contributed by atoms with Crippen molar-refractivity contribution in [3.05, 3.63) is 36.0 Å².